The minimum atomic E-state index is 0.799. The zero-order valence-corrected chi connectivity index (χ0v) is 12.2. The van der Waals surface area contributed by atoms with Crippen LogP contribution in [0.15, 0.2) is 22.6 Å². The second-order valence-electron chi connectivity index (χ2n) is 6.64. The van der Waals surface area contributed by atoms with E-state index in [1.54, 1.807) is 16.0 Å². The van der Waals surface area contributed by atoms with Crippen LogP contribution in [0.3, 0.4) is 0 Å². The lowest BCUT2D eigenvalue weighted by molar-refractivity contribution is 0.223. The zero-order chi connectivity index (χ0) is 12.3. The molecule has 0 aliphatic heterocycles. The van der Waals surface area contributed by atoms with Crippen LogP contribution in [0.1, 0.15) is 68.2 Å². The first-order valence-electron chi connectivity index (χ1n) is 7.51. The van der Waals surface area contributed by atoms with Gasteiger partial charge in [0, 0.05) is 4.88 Å². The molecule has 4 atom stereocenters. The topological polar surface area (TPSA) is 0 Å². The summed E-state index contributed by atoms with van der Waals surface area (Å²) in [6, 6.07) is 2.39. The number of thiophene rings is 1. The fourth-order valence-corrected chi connectivity index (χ4v) is 6.16. The lowest BCUT2D eigenvalue weighted by atomic mass is 9.62. The second-order valence-corrected chi connectivity index (χ2v) is 7.58. The van der Waals surface area contributed by atoms with Gasteiger partial charge in [-0.3, -0.25) is 0 Å². The summed E-state index contributed by atoms with van der Waals surface area (Å²) in [5.74, 6) is 3.61. The fraction of sp³-hybridized carbons (Fsp3) is 0.647. The van der Waals surface area contributed by atoms with Crippen LogP contribution in [-0.4, -0.2) is 0 Å². The van der Waals surface area contributed by atoms with Gasteiger partial charge in [0.05, 0.1) is 0 Å². The molecule has 0 N–H and O–H groups in total. The number of hydrogen-bond acceptors (Lipinski definition) is 1. The summed E-state index contributed by atoms with van der Waals surface area (Å²) in [5.41, 5.74) is 5.29. The molecular formula is C17H22S. The Morgan fingerprint density at radius 1 is 1.17 bits per heavy atom. The van der Waals surface area contributed by atoms with Crippen molar-refractivity contribution in [1.29, 1.82) is 0 Å². The molecule has 1 heterocycles. The van der Waals surface area contributed by atoms with Crippen molar-refractivity contribution in [3.63, 3.8) is 0 Å². The molecule has 1 fully saturated rings. The Labute approximate surface area is 114 Å². The molecule has 0 nitrogen and oxygen atoms in total. The highest BCUT2D eigenvalue weighted by molar-refractivity contribution is 7.10. The Kier molecular flexibility index (Phi) is 2.49. The summed E-state index contributed by atoms with van der Waals surface area (Å²) in [6.45, 7) is 4.83. The first kappa shape index (κ1) is 11.3. The monoisotopic (exact) mass is 258 g/mol. The highest BCUT2D eigenvalue weighted by Gasteiger charge is 2.44. The van der Waals surface area contributed by atoms with Crippen LogP contribution in [0, 0.1) is 11.8 Å². The van der Waals surface area contributed by atoms with Gasteiger partial charge in [0.15, 0.2) is 0 Å². The van der Waals surface area contributed by atoms with Crippen LogP contribution in [0.5, 0.6) is 0 Å². The fourth-order valence-electron chi connectivity index (χ4n) is 4.93. The third-order valence-corrected chi connectivity index (χ3v) is 6.87. The molecule has 0 amide bonds. The van der Waals surface area contributed by atoms with Crippen LogP contribution in [-0.2, 0) is 0 Å². The third-order valence-electron chi connectivity index (χ3n) is 5.80. The van der Waals surface area contributed by atoms with Crippen LogP contribution in [0.2, 0.25) is 0 Å². The molecule has 1 aromatic heterocycles. The number of rotatable bonds is 0. The van der Waals surface area contributed by atoms with Crippen molar-refractivity contribution in [3.8, 4) is 0 Å². The minimum Gasteiger partial charge on any atom is -0.148 e. The molecule has 96 valence electrons. The van der Waals surface area contributed by atoms with Crippen molar-refractivity contribution in [3.05, 3.63) is 33.0 Å². The maximum absolute atomic E-state index is 2.45. The van der Waals surface area contributed by atoms with Crippen molar-refractivity contribution in [1.82, 2.24) is 0 Å². The quantitative estimate of drug-likeness (QED) is 0.541. The summed E-state index contributed by atoms with van der Waals surface area (Å²) >= 11 is 2.03. The van der Waals surface area contributed by atoms with Gasteiger partial charge in [0.1, 0.15) is 0 Å². The maximum Gasteiger partial charge on any atom is 0.0114 e. The van der Waals surface area contributed by atoms with E-state index in [-0.39, 0.29) is 0 Å². The predicted octanol–water partition coefficient (Wildman–Crippen LogP) is 5.48. The second kappa shape index (κ2) is 3.96. The average molecular weight is 258 g/mol. The van der Waals surface area contributed by atoms with Gasteiger partial charge < -0.3 is 0 Å². The standard InChI is InChI=1S/C17H22S/c1-10-3-4-14-12(10)5-6-15-16(14)9-11(2)13-7-8-18-17(13)15/h7-8,11,14-16H,3-6,9H2,1-2H3/t11-,14+,15-,16-/m0/s1. The van der Waals surface area contributed by atoms with E-state index in [4.69, 9.17) is 0 Å². The smallest absolute Gasteiger partial charge is 0.0114 e. The van der Waals surface area contributed by atoms with Gasteiger partial charge in [-0.25, -0.2) is 0 Å². The minimum absolute atomic E-state index is 0.799. The van der Waals surface area contributed by atoms with Crippen molar-refractivity contribution >= 4 is 11.3 Å². The largest absolute Gasteiger partial charge is 0.148 e. The molecule has 1 heteroatoms. The first-order chi connectivity index (χ1) is 8.75. The molecular weight excluding hydrogens is 236 g/mol. The van der Waals surface area contributed by atoms with Crippen molar-refractivity contribution < 1.29 is 0 Å². The highest BCUT2D eigenvalue weighted by atomic mass is 32.1. The Morgan fingerprint density at radius 3 is 2.89 bits per heavy atom. The number of hydrogen-bond donors (Lipinski definition) is 0. The molecule has 1 aromatic rings. The molecule has 0 unspecified atom stereocenters. The first-order valence-corrected chi connectivity index (χ1v) is 8.39. The Hall–Kier alpha value is -0.560. The molecule has 3 aliphatic carbocycles. The van der Waals surface area contributed by atoms with Crippen LogP contribution in [0.25, 0.3) is 0 Å². The van der Waals surface area contributed by atoms with Crippen molar-refractivity contribution in [2.45, 2.75) is 57.8 Å². The van der Waals surface area contributed by atoms with Crippen molar-refractivity contribution in [2.75, 3.05) is 0 Å². The summed E-state index contributed by atoms with van der Waals surface area (Å²) in [4.78, 5) is 1.75. The molecule has 0 bridgehead atoms. The van der Waals surface area contributed by atoms with Gasteiger partial charge in [-0.2, -0.15) is 0 Å². The molecule has 0 aromatic carbocycles. The molecule has 4 rings (SSSR count). The summed E-state index contributed by atoms with van der Waals surface area (Å²) in [5, 5.41) is 2.33. The van der Waals surface area contributed by atoms with Crippen LogP contribution < -0.4 is 0 Å². The van der Waals surface area contributed by atoms with Gasteiger partial charge in [-0.05, 0) is 79.7 Å². The summed E-state index contributed by atoms with van der Waals surface area (Å²) < 4.78 is 0. The van der Waals surface area contributed by atoms with Gasteiger partial charge in [0.2, 0.25) is 0 Å². The Balaban J connectivity index is 1.76. The van der Waals surface area contributed by atoms with E-state index in [2.05, 4.69) is 25.3 Å². The maximum atomic E-state index is 2.45. The van der Waals surface area contributed by atoms with E-state index in [1.165, 1.54) is 32.1 Å². The van der Waals surface area contributed by atoms with Gasteiger partial charge in [-0.1, -0.05) is 18.1 Å². The Bertz CT molecular complexity index is 507. The molecule has 1 saturated carbocycles. The van der Waals surface area contributed by atoms with Crippen LogP contribution in [0.4, 0.5) is 0 Å². The SMILES string of the molecule is CC1=C2CC[C@@H]3c4sccc4[C@@H](C)C[C@H]3[C@@H]2CC1. The van der Waals surface area contributed by atoms with Gasteiger partial charge >= 0.3 is 0 Å². The normalized spacial score (nSPS) is 38.3. The van der Waals surface area contributed by atoms with E-state index in [1.807, 2.05) is 16.9 Å². The van der Waals surface area contributed by atoms with E-state index < -0.39 is 0 Å². The Morgan fingerprint density at radius 2 is 2.00 bits per heavy atom. The summed E-state index contributed by atoms with van der Waals surface area (Å²) in [7, 11) is 0. The zero-order valence-electron chi connectivity index (χ0n) is 11.4. The molecule has 3 aliphatic rings. The summed E-state index contributed by atoms with van der Waals surface area (Å²) in [6.07, 6.45) is 7.10. The van der Waals surface area contributed by atoms with Crippen molar-refractivity contribution in [2.24, 2.45) is 11.8 Å². The van der Waals surface area contributed by atoms with E-state index >= 15 is 0 Å². The average Bonchev–Trinajstić information content (AvgIpc) is 2.97. The lowest BCUT2D eigenvalue weighted by Crippen LogP contribution is -2.31. The van der Waals surface area contributed by atoms with Gasteiger partial charge in [-0.15, -0.1) is 11.3 Å². The van der Waals surface area contributed by atoms with E-state index in [0.29, 0.717) is 0 Å². The predicted molar refractivity (Wildman–Crippen MR) is 78.2 cm³/mol. The number of allylic oxidation sites excluding steroid dienone is 2. The highest BCUT2D eigenvalue weighted by Crippen LogP contribution is 2.57. The van der Waals surface area contributed by atoms with Gasteiger partial charge in [0.25, 0.3) is 0 Å². The molecule has 0 spiro atoms. The number of fused-ring (bicyclic) bond motifs is 5. The lowest BCUT2D eigenvalue weighted by Gasteiger charge is -2.43. The van der Waals surface area contributed by atoms with Crippen LogP contribution >= 0.6 is 11.3 Å². The third kappa shape index (κ3) is 1.43. The van der Waals surface area contributed by atoms with E-state index in [0.717, 1.165) is 23.7 Å². The van der Waals surface area contributed by atoms with E-state index in [9.17, 15) is 0 Å². The molecule has 0 saturated heterocycles. The molecule has 0 radical (unpaired) electrons. The molecule has 18 heavy (non-hydrogen) atoms.